The number of nitrogens with zero attached hydrogens (tertiary/aromatic N) is 1. The average Bonchev–Trinajstić information content (AvgIpc) is 2.93. The third-order valence-electron chi connectivity index (χ3n) is 3.22. The molecule has 0 aliphatic rings. The van der Waals surface area contributed by atoms with Crippen LogP contribution in [0.2, 0.25) is 5.02 Å². The van der Waals surface area contributed by atoms with Gasteiger partial charge in [-0.2, -0.15) is 0 Å². The van der Waals surface area contributed by atoms with E-state index in [2.05, 4.69) is 0 Å². The Kier molecular flexibility index (Phi) is 3.31. The zero-order chi connectivity index (χ0) is 15.0. The van der Waals surface area contributed by atoms with E-state index in [0.717, 1.165) is 3.97 Å². The number of hydrogen-bond acceptors (Lipinski definition) is 3. The van der Waals surface area contributed by atoms with Crippen LogP contribution in [-0.4, -0.2) is 18.7 Å². The largest absolute Gasteiger partial charge is 0.298 e. The van der Waals surface area contributed by atoms with Gasteiger partial charge >= 0.3 is 0 Å². The number of fused-ring (bicyclic) bond motifs is 1. The van der Waals surface area contributed by atoms with Crippen molar-refractivity contribution in [3.8, 4) is 0 Å². The Bertz CT molecular complexity index is 930. The van der Waals surface area contributed by atoms with Crippen LogP contribution >= 0.6 is 11.6 Å². The molecular formula is C15H10ClNO3S. The summed E-state index contributed by atoms with van der Waals surface area (Å²) in [6.07, 6.45) is 2.00. The number of carbonyl (C=O) groups excluding carboxylic acids is 1. The summed E-state index contributed by atoms with van der Waals surface area (Å²) in [5.74, 6) is 0. The Balaban J connectivity index is 2.36. The van der Waals surface area contributed by atoms with Crippen molar-refractivity contribution >= 4 is 38.8 Å². The maximum atomic E-state index is 12.7. The fourth-order valence-electron chi connectivity index (χ4n) is 2.22. The van der Waals surface area contributed by atoms with Crippen LogP contribution in [0, 0.1) is 0 Å². The lowest BCUT2D eigenvalue weighted by Crippen LogP contribution is -2.12. The molecule has 0 aliphatic carbocycles. The van der Waals surface area contributed by atoms with E-state index in [1.165, 1.54) is 18.3 Å². The molecule has 3 aromatic rings. The molecule has 0 spiro atoms. The van der Waals surface area contributed by atoms with Crippen molar-refractivity contribution in [2.45, 2.75) is 4.90 Å². The summed E-state index contributed by atoms with van der Waals surface area (Å²) in [4.78, 5) is 11.4. The predicted molar refractivity (Wildman–Crippen MR) is 81.4 cm³/mol. The van der Waals surface area contributed by atoms with Crippen LogP contribution in [0.5, 0.6) is 0 Å². The number of hydrogen-bond donors (Lipinski definition) is 0. The summed E-state index contributed by atoms with van der Waals surface area (Å²) in [6.45, 7) is 0. The molecule has 0 atom stereocenters. The van der Waals surface area contributed by atoms with Gasteiger partial charge in [0.05, 0.1) is 21.0 Å². The number of rotatable bonds is 3. The molecular weight excluding hydrogens is 310 g/mol. The SMILES string of the molecule is O=Cc1c(Cl)ccc2ccn(S(=O)(=O)c3ccccc3)c12. The minimum absolute atomic E-state index is 0.152. The van der Waals surface area contributed by atoms with E-state index in [1.807, 2.05) is 0 Å². The van der Waals surface area contributed by atoms with Gasteiger partial charge in [0, 0.05) is 11.6 Å². The van der Waals surface area contributed by atoms with E-state index >= 15 is 0 Å². The Morgan fingerprint density at radius 3 is 2.38 bits per heavy atom. The maximum absolute atomic E-state index is 12.7. The van der Waals surface area contributed by atoms with Crippen molar-refractivity contribution < 1.29 is 13.2 Å². The highest BCUT2D eigenvalue weighted by Gasteiger charge is 2.21. The van der Waals surface area contributed by atoms with E-state index in [9.17, 15) is 13.2 Å². The first-order valence-corrected chi connectivity index (χ1v) is 7.93. The first-order chi connectivity index (χ1) is 10.1. The lowest BCUT2D eigenvalue weighted by molar-refractivity contribution is 0.112. The van der Waals surface area contributed by atoms with Crippen LogP contribution in [0.4, 0.5) is 0 Å². The van der Waals surface area contributed by atoms with Gasteiger partial charge in [-0.25, -0.2) is 12.4 Å². The highest BCUT2D eigenvalue weighted by Crippen LogP contribution is 2.28. The molecule has 4 nitrogen and oxygen atoms in total. The maximum Gasteiger partial charge on any atom is 0.268 e. The molecule has 2 aromatic carbocycles. The molecule has 0 fully saturated rings. The van der Waals surface area contributed by atoms with Crippen molar-refractivity contribution in [2.24, 2.45) is 0 Å². The highest BCUT2D eigenvalue weighted by molar-refractivity contribution is 7.90. The lowest BCUT2D eigenvalue weighted by Gasteiger charge is -2.09. The van der Waals surface area contributed by atoms with Crippen LogP contribution in [0.1, 0.15) is 10.4 Å². The third kappa shape index (κ3) is 2.14. The summed E-state index contributed by atoms with van der Waals surface area (Å²) in [5, 5.41) is 0.863. The van der Waals surface area contributed by atoms with E-state index in [0.29, 0.717) is 17.2 Å². The smallest absolute Gasteiger partial charge is 0.268 e. The molecule has 0 N–H and O–H groups in total. The van der Waals surface area contributed by atoms with Gasteiger partial charge in [0.2, 0.25) is 0 Å². The standard InChI is InChI=1S/C15H10ClNO3S/c16-14-7-6-11-8-9-17(15(11)13(14)10-18)21(19,20)12-4-2-1-3-5-12/h1-10H. The van der Waals surface area contributed by atoms with Gasteiger partial charge in [-0.15, -0.1) is 0 Å². The van der Waals surface area contributed by atoms with E-state index in [1.54, 1.807) is 36.4 Å². The Morgan fingerprint density at radius 2 is 1.71 bits per heavy atom. The molecule has 0 aliphatic heterocycles. The van der Waals surface area contributed by atoms with E-state index < -0.39 is 10.0 Å². The van der Waals surface area contributed by atoms with Crippen molar-refractivity contribution in [2.75, 3.05) is 0 Å². The van der Waals surface area contributed by atoms with E-state index in [-0.39, 0.29) is 15.5 Å². The number of carbonyl (C=O) groups is 1. The molecule has 0 saturated carbocycles. The Hall–Kier alpha value is -2.11. The fraction of sp³-hybridized carbons (Fsp3) is 0. The molecule has 0 amide bonds. The van der Waals surface area contributed by atoms with Gasteiger partial charge in [0.15, 0.2) is 6.29 Å². The number of benzene rings is 2. The average molecular weight is 320 g/mol. The highest BCUT2D eigenvalue weighted by atomic mass is 35.5. The molecule has 106 valence electrons. The fourth-order valence-corrected chi connectivity index (χ4v) is 3.81. The quantitative estimate of drug-likeness (QED) is 0.696. The second-order valence-electron chi connectivity index (χ2n) is 4.45. The number of aldehydes is 1. The molecule has 1 heterocycles. The predicted octanol–water partition coefficient (Wildman–Crippen LogP) is 3.34. The van der Waals surface area contributed by atoms with Crippen molar-refractivity contribution in [3.63, 3.8) is 0 Å². The van der Waals surface area contributed by atoms with Crippen molar-refractivity contribution in [1.29, 1.82) is 0 Å². The molecule has 0 radical (unpaired) electrons. The molecule has 0 unspecified atom stereocenters. The summed E-state index contributed by atoms with van der Waals surface area (Å²) in [5.41, 5.74) is 0.458. The summed E-state index contributed by atoms with van der Waals surface area (Å²) < 4.78 is 26.5. The zero-order valence-electron chi connectivity index (χ0n) is 10.7. The summed E-state index contributed by atoms with van der Waals surface area (Å²) in [7, 11) is -3.77. The molecule has 1 aromatic heterocycles. The second kappa shape index (κ2) is 5.02. The normalized spacial score (nSPS) is 11.7. The second-order valence-corrected chi connectivity index (χ2v) is 6.67. The van der Waals surface area contributed by atoms with Crippen LogP contribution in [0.25, 0.3) is 10.9 Å². The van der Waals surface area contributed by atoms with Crippen LogP contribution in [-0.2, 0) is 10.0 Å². The Morgan fingerprint density at radius 1 is 1.00 bits per heavy atom. The van der Waals surface area contributed by atoms with Gasteiger partial charge in [0.1, 0.15) is 0 Å². The molecule has 21 heavy (non-hydrogen) atoms. The van der Waals surface area contributed by atoms with Crippen LogP contribution in [0.15, 0.2) is 59.6 Å². The summed E-state index contributed by atoms with van der Waals surface area (Å²) in [6, 6.07) is 12.9. The van der Waals surface area contributed by atoms with Crippen LogP contribution in [0.3, 0.4) is 0 Å². The molecule has 0 bridgehead atoms. The van der Waals surface area contributed by atoms with E-state index in [4.69, 9.17) is 11.6 Å². The minimum atomic E-state index is -3.77. The monoisotopic (exact) mass is 319 g/mol. The van der Waals surface area contributed by atoms with Crippen molar-refractivity contribution in [1.82, 2.24) is 3.97 Å². The topological polar surface area (TPSA) is 56.1 Å². The third-order valence-corrected chi connectivity index (χ3v) is 5.24. The number of aromatic nitrogens is 1. The summed E-state index contributed by atoms with van der Waals surface area (Å²) >= 11 is 5.99. The molecule has 0 saturated heterocycles. The molecule has 6 heteroatoms. The van der Waals surface area contributed by atoms with Gasteiger partial charge in [-0.3, -0.25) is 4.79 Å². The van der Waals surface area contributed by atoms with Crippen LogP contribution < -0.4 is 0 Å². The first-order valence-electron chi connectivity index (χ1n) is 6.11. The molecule has 3 rings (SSSR count). The zero-order valence-corrected chi connectivity index (χ0v) is 12.3. The van der Waals surface area contributed by atoms with Crippen molar-refractivity contribution in [3.05, 3.63) is 65.3 Å². The number of halogens is 1. The first kappa shape index (κ1) is 13.9. The van der Waals surface area contributed by atoms with Gasteiger partial charge in [0.25, 0.3) is 10.0 Å². The van der Waals surface area contributed by atoms with Gasteiger partial charge < -0.3 is 0 Å². The lowest BCUT2D eigenvalue weighted by atomic mass is 10.1. The Labute approximate surface area is 126 Å². The minimum Gasteiger partial charge on any atom is -0.298 e. The van der Waals surface area contributed by atoms with Gasteiger partial charge in [-0.05, 0) is 24.3 Å². The van der Waals surface area contributed by atoms with Gasteiger partial charge in [-0.1, -0.05) is 35.9 Å².